The van der Waals surface area contributed by atoms with Crippen LogP contribution in [0.4, 0.5) is 10.6 Å². The number of hydrogen-bond donors (Lipinski definition) is 2. The molecule has 1 saturated carbocycles. The number of urea groups is 1. The molecule has 33 heavy (non-hydrogen) atoms. The molecule has 1 saturated heterocycles. The molecule has 3 aliphatic rings. The number of benzene rings is 1. The second-order valence-electron chi connectivity index (χ2n) is 8.81. The molecule has 5 rings (SSSR count). The number of carbonyl (C=O) groups excluding carboxylic acids is 3. The zero-order valence-electron chi connectivity index (χ0n) is 18.5. The summed E-state index contributed by atoms with van der Waals surface area (Å²) in [5.74, 6) is 0.753. The van der Waals surface area contributed by atoms with Crippen LogP contribution in [0.15, 0.2) is 30.5 Å². The van der Waals surface area contributed by atoms with Gasteiger partial charge in [-0.2, -0.15) is 5.10 Å². The molecule has 10 heteroatoms. The smallest absolute Gasteiger partial charge is 0.325 e. The first-order valence-electron chi connectivity index (χ1n) is 11.3. The number of aromatic nitrogens is 2. The highest BCUT2D eigenvalue weighted by atomic mass is 16.5. The minimum atomic E-state index is -1.31. The summed E-state index contributed by atoms with van der Waals surface area (Å²) in [6.07, 6.45) is 6.72. The van der Waals surface area contributed by atoms with Crippen LogP contribution in [0, 0.1) is 0 Å². The Morgan fingerprint density at radius 1 is 1.15 bits per heavy atom. The molecule has 1 aliphatic carbocycles. The number of imide groups is 1. The Morgan fingerprint density at radius 3 is 2.70 bits per heavy atom. The summed E-state index contributed by atoms with van der Waals surface area (Å²) in [7, 11) is 0. The highest BCUT2D eigenvalue weighted by Gasteiger charge is 2.49. The fourth-order valence-electron chi connectivity index (χ4n) is 4.69. The first kappa shape index (κ1) is 21.3. The average Bonchev–Trinajstić information content (AvgIpc) is 3.48. The maximum absolute atomic E-state index is 13.3. The summed E-state index contributed by atoms with van der Waals surface area (Å²) in [4.78, 5) is 39.6. The van der Waals surface area contributed by atoms with Crippen LogP contribution in [-0.2, 0) is 15.1 Å². The van der Waals surface area contributed by atoms with Crippen LogP contribution in [0.5, 0.6) is 11.5 Å². The fraction of sp³-hybridized carbons (Fsp3) is 0.478. The number of nitrogens with zero attached hydrogens (tertiary/aromatic N) is 3. The van der Waals surface area contributed by atoms with Gasteiger partial charge in [-0.25, -0.2) is 9.48 Å². The molecular formula is C23H27N5O5. The van der Waals surface area contributed by atoms with Gasteiger partial charge in [-0.05, 0) is 37.5 Å². The van der Waals surface area contributed by atoms with Gasteiger partial charge in [-0.15, -0.1) is 0 Å². The van der Waals surface area contributed by atoms with E-state index in [9.17, 15) is 14.4 Å². The third-order valence-corrected chi connectivity index (χ3v) is 6.51. The van der Waals surface area contributed by atoms with E-state index in [1.54, 1.807) is 37.4 Å². The lowest BCUT2D eigenvalue weighted by Crippen LogP contribution is -2.42. The van der Waals surface area contributed by atoms with Crippen molar-refractivity contribution in [3.8, 4) is 11.5 Å². The first-order valence-corrected chi connectivity index (χ1v) is 11.3. The molecule has 0 radical (unpaired) electrons. The van der Waals surface area contributed by atoms with Crippen molar-refractivity contribution < 1.29 is 23.9 Å². The molecule has 174 valence electrons. The van der Waals surface area contributed by atoms with Gasteiger partial charge >= 0.3 is 6.03 Å². The predicted molar refractivity (Wildman–Crippen MR) is 118 cm³/mol. The van der Waals surface area contributed by atoms with Crippen LogP contribution < -0.4 is 20.1 Å². The van der Waals surface area contributed by atoms with E-state index in [0.29, 0.717) is 36.1 Å². The molecule has 2 aliphatic heterocycles. The number of amides is 4. The van der Waals surface area contributed by atoms with E-state index in [1.807, 2.05) is 4.68 Å². The van der Waals surface area contributed by atoms with Crippen molar-refractivity contribution in [3.63, 3.8) is 0 Å². The lowest BCUT2D eigenvalue weighted by atomic mass is 9.91. The third kappa shape index (κ3) is 3.90. The Labute approximate surface area is 191 Å². The minimum Gasteiger partial charge on any atom is -0.490 e. The monoisotopic (exact) mass is 453 g/mol. The normalized spacial score (nSPS) is 22.9. The maximum atomic E-state index is 13.3. The highest BCUT2D eigenvalue weighted by Crippen LogP contribution is 2.37. The van der Waals surface area contributed by atoms with Crippen molar-refractivity contribution in [1.82, 2.24) is 20.0 Å². The zero-order chi connectivity index (χ0) is 23.0. The largest absolute Gasteiger partial charge is 0.490 e. The number of carbonyl (C=O) groups is 3. The number of fused-ring (bicyclic) bond motifs is 1. The molecule has 10 nitrogen and oxygen atoms in total. The van der Waals surface area contributed by atoms with E-state index in [1.165, 1.54) is 0 Å². The molecule has 2 aromatic rings. The summed E-state index contributed by atoms with van der Waals surface area (Å²) in [6, 6.07) is 6.55. The van der Waals surface area contributed by atoms with Crippen molar-refractivity contribution in [1.29, 1.82) is 0 Å². The van der Waals surface area contributed by atoms with Gasteiger partial charge in [-0.3, -0.25) is 14.5 Å². The molecule has 4 amide bonds. The van der Waals surface area contributed by atoms with Crippen molar-refractivity contribution in [3.05, 3.63) is 36.0 Å². The van der Waals surface area contributed by atoms with Gasteiger partial charge in [0.05, 0.1) is 25.5 Å². The number of anilines is 1. The van der Waals surface area contributed by atoms with Crippen LogP contribution in [-0.4, -0.2) is 52.3 Å². The Hall–Kier alpha value is -3.56. The molecule has 2 N–H and O–H groups in total. The third-order valence-electron chi connectivity index (χ3n) is 6.51. The standard InChI is InChI=1S/C23H27N5O5/c1-23(15-7-8-17-18(13-15)33-12-4-11-32-17)21(30)27(22(31)26-23)14-20(29)25-19-9-10-24-28(19)16-5-2-3-6-16/h7-10,13,16H,2-6,11-12,14H2,1H3,(H,25,29)(H,26,31)/t23-/m1/s1. The Balaban J connectivity index is 1.30. The Morgan fingerprint density at radius 2 is 1.91 bits per heavy atom. The summed E-state index contributed by atoms with van der Waals surface area (Å²) in [6.45, 7) is 2.30. The van der Waals surface area contributed by atoms with Gasteiger partial charge in [0.1, 0.15) is 17.9 Å². The van der Waals surface area contributed by atoms with E-state index in [2.05, 4.69) is 15.7 Å². The van der Waals surface area contributed by atoms with E-state index >= 15 is 0 Å². The van der Waals surface area contributed by atoms with Crippen LogP contribution in [0.3, 0.4) is 0 Å². The van der Waals surface area contributed by atoms with Gasteiger partial charge in [0, 0.05) is 12.5 Å². The molecule has 0 bridgehead atoms. The quantitative estimate of drug-likeness (QED) is 0.673. The molecule has 1 aromatic carbocycles. The second kappa shape index (κ2) is 8.42. The molecular weight excluding hydrogens is 426 g/mol. The van der Waals surface area contributed by atoms with Gasteiger partial charge in [0.25, 0.3) is 5.91 Å². The van der Waals surface area contributed by atoms with E-state index < -0.39 is 23.4 Å². The van der Waals surface area contributed by atoms with Gasteiger partial charge < -0.3 is 20.1 Å². The topological polar surface area (TPSA) is 115 Å². The van der Waals surface area contributed by atoms with Crippen molar-refractivity contribution in [2.24, 2.45) is 0 Å². The van der Waals surface area contributed by atoms with Gasteiger partial charge in [0.15, 0.2) is 11.5 Å². The van der Waals surface area contributed by atoms with E-state index in [0.717, 1.165) is 37.0 Å². The van der Waals surface area contributed by atoms with Crippen molar-refractivity contribution >= 4 is 23.7 Å². The van der Waals surface area contributed by atoms with Crippen LogP contribution in [0.2, 0.25) is 0 Å². The lowest BCUT2D eigenvalue weighted by molar-refractivity contribution is -0.133. The molecule has 0 unspecified atom stereocenters. The highest BCUT2D eigenvalue weighted by molar-refractivity contribution is 6.10. The SMILES string of the molecule is C[C@]1(c2ccc3c(c2)OCCCO3)NC(=O)N(CC(=O)Nc2ccnn2C2CCCC2)C1=O. The number of ether oxygens (including phenoxy) is 2. The number of nitrogens with one attached hydrogen (secondary N) is 2. The maximum Gasteiger partial charge on any atom is 0.325 e. The number of rotatable bonds is 5. The molecule has 2 fully saturated rings. The van der Waals surface area contributed by atoms with E-state index in [4.69, 9.17) is 9.47 Å². The molecule has 1 aromatic heterocycles. The first-order chi connectivity index (χ1) is 16.0. The zero-order valence-corrected chi connectivity index (χ0v) is 18.5. The molecule has 3 heterocycles. The fourth-order valence-corrected chi connectivity index (χ4v) is 4.69. The van der Waals surface area contributed by atoms with Crippen molar-refractivity contribution in [2.75, 3.05) is 25.1 Å². The lowest BCUT2D eigenvalue weighted by Gasteiger charge is -2.23. The Kier molecular flexibility index (Phi) is 5.43. The minimum absolute atomic E-state index is 0.259. The number of hydrogen-bond acceptors (Lipinski definition) is 6. The van der Waals surface area contributed by atoms with Crippen LogP contribution in [0.1, 0.15) is 50.6 Å². The summed E-state index contributed by atoms with van der Waals surface area (Å²) < 4.78 is 13.2. The summed E-state index contributed by atoms with van der Waals surface area (Å²) in [5.41, 5.74) is -0.749. The summed E-state index contributed by atoms with van der Waals surface area (Å²) in [5, 5.41) is 9.87. The van der Waals surface area contributed by atoms with Crippen LogP contribution in [0.25, 0.3) is 0 Å². The van der Waals surface area contributed by atoms with E-state index in [-0.39, 0.29) is 12.6 Å². The van der Waals surface area contributed by atoms with Crippen molar-refractivity contribution in [2.45, 2.75) is 50.6 Å². The van der Waals surface area contributed by atoms with Gasteiger partial charge in [0.2, 0.25) is 5.91 Å². The second-order valence-corrected chi connectivity index (χ2v) is 8.81. The molecule has 0 spiro atoms. The average molecular weight is 453 g/mol. The molecule has 1 atom stereocenters. The summed E-state index contributed by atoms with van der Waals surface area (Å²) >= 11 is 0. The predicted octanol–water partition coefficient (Wildman–Crippen LogP) is 2.57. The van der Waals surface area contributed by atoms with Crippen LogP contribution >= 0.6 is 0 Å². The van der Waals surface area contributed by atoms with Gasteiger partial charge in [-0.1, -0.05) is 18.9 Å². The Bertz CT molecular complexity index is 1090.